The number of rotatable bonds is 38. The second-order valence-electron chi connectivity index (χ2n) is 16.4. The first-order valence-corrected chi connectivity index (χ1v) is 23.3. The number of benzene rings is 2. The van der Waals surface area contributed by atoms with E-state index >= 15 is 0 Å². The normalized spacial score (nSPS) is 13.1. The van der Waals surface area contributed by atoms with Crippen LogP contribution in [0.4, 0.5) is 0 Å². The van der Waals surface area contributed by atoms with Gasteiger partial charge in [-0.05, 0) is 88.2 Å². The average molecular weight is 949 g/mol. The zero-order valence-corrected chi connectivity index (χ0v) is 41.8. The fourth-order valence-corrected chi connectivity index (χ4v) is 7.31. The number of hydrogen-bond donors (Lipinski definition) is 2. The van der Waals surface area contributed by atoms with E-state index in [4.69, 9.17) is 9.47 Å². The van der Waals surface area contributed by atoms with Crippen molar-refractivity contribution < 1.29 is 39.5 Å². The molecule has 332 valence electrons. The fraction of sp³-hybridized carbons (Fsp3) is 0.720. The molecule has 0 fully saturated rings. The predicted molar refractivity (Wildman–Crippen MR) is 238 cm³/mol. The van der Waals surface area contributed by atoms with E-state index in [9.17, 15) is 30.0 Å². The van der Waals surface area contributed by atoms with E-state index in [1.165, 1.54) is 62.5 Å². The van der Waals surface area contributed by atoms with Gasteiger partial charge in [-0.3, -0.25) is 0 Å². The Labute approximate surface area is 400 Å². The molecule has 0 amide bonds. The van der Waals surface area contributed by atoms with Gasteiger partial charge in [0.2, 0.25) is 0 Å². The first kappa shape index (κ1) is 57.8. The van der Waals surface area contributed by atoms with Crippen LogP contribution in [0.1, 0.15) is 205 Å². The minimum absolute atomic E-state index is 0. The molecular weight excluding hydrogens is 866 g/mol. The van der Waals surface area contributed by atoms with E-state index < -0.39 is 11.9 Å². The molecule has 2 rings (SSSR count). The van der Waals surface area contributed by atoms with Gasteiger partial charge in [0.25, 0.3) is 0 Å². The summed E-state index contributed by atoms with van der Waals surface area (Å²) in [4.78, 5) is 20.7. The van der Waals surface area contributed by atoms with Gasteiger partial charge in [0, 0.05) is 11.9 Å². The molecule has 2 N–H and O–H groups in total. The third kappa shape index (κ3) is 38.2. The van der Waals surface area contributed by atoms with Crippen LogP contribution in [0.2, 0.25) is 0 Å². The van der Waals surface area contributed by atoms with Crippen molar-refractivity contribution in [1.82, 2.24) is 0 Å². The topological polar surface area (TPSA) is 139 Å². The Bertz CT molecular complexity index is 1110. The third-order valence-corrected chi connectivity index (χ3v) is 10.9. The van der Waals surface area contributed by atoms with Crippen molar-refractivity contribution in [3.8, 4) is 0 Å². The van der Waals surface area contributed by atoms with E-state index in [1.807, 2.05) is 36.4 Å². The Morgan fingerprint density at radius 3 is 1.07 bits per heavy atom. The fourth-order valence-electron chi connectivity index (χ4n) is 7.31. The molecule has 4 atom stereocenters. The molecule has 0 aromatic heterocycles. The Morgan fingerprint density at radius 1 is 0.458 bits per heavy atom. The maximum Gasteiger partial charge on any atom is 2.00 e. The number of carboxylic acid groups (broad SMARTS) is 2. The number of carbonyl (C=O) groups excluding carboxylic acids is 2. The van der Waals surface area contributed by atoms with Crippen LogP contribution < -0.4 is 10.2 Å². The number of hydrogen-bond acceptors (Lipinski definition) is 8. The molecule has 2 aromatic rings. The summed E-state index contributed by atoms with van der Waals surface area (Å²) in [5, 5.41) is 40.8. The van der Waals surface area contributed by atoms with Gasteiger partial charge in [-0.25, -0.2) is 0 Å². The van der Waals surface area contributed by atoms with Crippen molar-refractivity contribution >= 4 is 60.8 Å². The molecule has 4 unspecified atom stereocenters. The van der Waals surface area contributed by atoms with Crippen molar-refractivity contribution in [3.05, 3.63) is 71.8 Å². The number of ether oxygens (including phenoxy) is 2. The van der Waals surface area contributed by atoms with Gasteiger partial charge in [0.15, 0.2) is 0 Å². The molecule has 59 heavy (non-hydrogen) atoms. The molecule has 0 saturated carbocycles. The van der Waals surface area contributed by atoms with Crippen LogP contribution in [-0.2, 0) is 32.3 Å². The molecule has 0 saturated heterocycles. The molecular formula is C50H82BaO8. The third-order valence-electron chi connectivity index (χ3n) is 10.9. The smallest absolute Gasteiger partial charge is 0.550 e. The average Bonchev–Trinajstić information content (AvgIpc) is 3.21. The predicted octanol–water partition coefficient (Wildman–Crippen LogP) is 9.95. The zero-order chi connectivity index (χ0) is 42.3. The monoisotopic (exact) mass is 949 g/mol. The van der Waals surface area contributed by atoms with Gasteiger partial charge < -0.3 is 39.5 Å². The summed E-state index contributed by atoms with van der Waals surface area (Å²) in [7, 11) is 0. The van der Waals surface area contributed by atoms with Crippen molar-refractivity contribution in [1.29, 1.82) is 0 Å². The van der Waals surface area contributed by atoms with E-state index in [2.05, 4.69) is 38.1 Å². The summed E-state index contributed by atoms with van der Waals surface area (Å²) in [5.41, 5.74) is 2.40. The molecule has 2 aromatic carbocycles. The van der Waals surface area contributed by atoms with Crippen LogP contribution in [-0.4, -0.2) is 95.4 Å². The molecule has 0 aliphatic heterocycles. The summed E-state index contributed by atoms with van der Waals surface area (Å²) >= 11 is 0. The summed E-state index contributed by atoms with van der Waals surface area (Å²) in [6.07, 6.45) is 27.5. The maximum atomic E-state index is 10.4. The first-order valence-electron chi connectivity index (χ1n) is 23.3. The Morgan fingerprint density at radius 2 is 0.763 bits per heavy atom. The number of aliphatic hydroxyl groups is 2. The standard InChI is InChI=1S/2C25H42O4.Ba/c2*1-2-14-23(26)19-20-24(29-21-22-15-10-9-11-16-22)17-12-7-5-3-4-6-8-13-18-25(27)28;/h2*9-11,15-16,23-24,26H,2-8,12-14,17-21H2,1H3,(H,27,28);/q;;+2/p-2. The van der Waals surface area contributed by atoms with Crippen LogP contribution in [0.3, 0.4) is 0 Å². The number of unbranched alkanes of at least 4 members (excludes halogenated alkanes) is 14. The Hall–Kier alpha value is -1.21. The van der Waals surface area contributed by atoms with Crippen molar-refractivity contribution in [2.24, 2.45) is 0 Å². The molecule has 0 heterocycles. The molecule has 9 heteroatoms. The van der Waals surface area contributed by atoms with Gasteiger partial charge in [-0.15, -0.1) is 0 Å². The van der Waals surface area contributed by atoms with E-state index in [0.29, 0.717) is 13.2 Å². The summed E-state index contributed by atoms with van der Waals surface area (Å²) in [6.45, 7) is 5.49. The molecule has 0 bridgehead atoms. The molecule has 0 aliphatic rings. The number of aliphatic carboxylic acids is 2. The second kappa shape index (κ2) is 42.1. The van der Waals surface area contributed by atoms with Crippen LogP contribution in [0, 0.1) is 0 Å². The molecule has 0 aliphatic carbocycles. The quantitative estimate of drug-likeness (QED) is 0.0501. The Kier molecular flexibility index (Phi) is 41.2. The summed E-state index contributed by atoms with van der Waals surface area (Å²) in [6, 6.07) is 20.6. The van der Waals surface area contributed by atoms with Crippen LogP contribution >= 0.6 is 0 Å². The van der Waals surface area contributed by atoms with Crippen LogP contribution in [0.15, 0.2) is 60.7 Å². The SMILES string of the molecule is CCCC(O)CCC(CCCCCCCCCCC(=O)[O-])OCc1ccccc1.CCCC(O)CCC(CCCCCCCCCCC(=O)[O-])OCc1ccccc1.[Ba+2]. The molecule has 0 spiro atoms. The van der Waals surface area contributed by atoms with E-state index in [-0.39, 0.29) is 86.1 Å². The maximum absolute atomic E-state index is 10.4. The zero-order valence-electron chi connectivity index (χ0n) is 37.3. The van der Waals surface area contributed by atoms with Gasteiger partial charge in [0.05, 0.1) is 37.6 Å². The Balaban J connectivity index is 0.00000112. The van der Waals surface area contributed by atoms with Gasteiger partial charge >= 0.3 is 48.9 Å². The van der Waals surface area contributed by atoms with Gasteiger partial charge in [0.1, 0.15) is 0 Å². The van der Waals surface area contributed by atoms with Crippen LogP contribution in [0.25, 0.3) is 0 Å². The number of aliphatic hydroxyl groups excluding tert-OH is 2. The first-order chi connectivity index (χ1) is 28.2. The number of carboxylic acids is 2. The van der Waals surface area contributed by atoms with Gasteiger partial charge in [-0.1, -0.05) is 177 Å². The second-order valence-corrected chi connectivity index (χ2v) is 16.4. The van der Waals surface area contributed by atoms with Crippen molar-refractivity contribution in [2.45, 2.75) is 231 Å². The molecule has 8 nitrogen and oxygen atoms in total. The van der Waals surface area contributed by atoms with E-state index in [1.54, 1.807) is 0 Å². The molecule has 0 radical (unpaired) electrons. The van der Waals surface area contributed by atoms with Crippen LogP contribution in [0.5, 0.6) is 0 Å². The number of carbonyl (C=O) groups is 2. The van der Waals surface area contributed by atoms with Gasteiger partial charge in [-0.2, -0.15) is 0 Å². The van der Waals surface area contributed by atoms with E-state index in [0.717, 1.165) is 116 Å². The van der Waals surface area contributed by atoms with Crippen molar-refractivity contribution in [2.75, 3.05) is 0 Å². The summed E-state index contributed by atoms with van der Waals surface area (Å²) in [5.74, 6) is -1.87. The summed E-state index contributed by atoms with van der Waals surface area (Å²) < 4.78 is 12.4. The minimum Gasteiger partial charge on any atom is -0.550 e. The largest absolute Gasteiger partial charge is 2.00 e. The van der Waals surface area contributed by atoms with Crippen molar-refractivity contribution in [3.63, 3.8) is 0 Å². The minimum atomic E-state index is -0.934.